The van der Waals surface area contributed by atoms with Crippen LogP contribution in [0.1, 0.15) is 12.1 Å². The van der Waals surface area contributed by atoms with Crippen LogP contribution < -0.4 is 5.32 Å². The zero-order valence-electron chi connectivity index (χ0n) is 13.5. The number of fused-ring (bicyclic) bond motifs is 1. The average Bonchev–Trinajstić information content (AvgIpc) is 3.15. The number of nitrogens with one attached hydrogen (secondary N) is 1. The van der Waals surface area contributed by atoms with Gasteiger partial charge in [-0.05, 0) is 18.6 Å². The molecular formula is C18H20N2O4. The molecule has 0 spiro atoms. The smallest absolute Gasteiger partial charge is 0.328 e. The Morgan fingerprint density at radius 1 is 1.33 bits per heavy atom. The van der Waals surface area contributed by atoms with E-state index in [0.29, 0.717) is 19.6 Å². The fourth-order valence-corrected chi connectivity index (χ4v) is 2.80. The van der Waals surface area contributed by atoms with E-state index in [4.69, 9.17) is 9.47 Å². The van der Waals surface area contributed by atoms with Gasteiger partial charge in [0.05, 0.1) is 25.2 Å². The molecule has 1 N–H and O–H groups in total. The molecule has 126 valence electrons. The number of para-hydroxylation sites is 1. The molecule has 0 unspecified atom stereocenters. The van der Waals surface area contributed by atoms with Crippen LogP contribution in [-0.4, -0.2) is 43.2 Å². The third-order valence-electron chi connectivity index (χ3n) is 4.17. The van der Waals surface area contributed by atoms with E-state index < -0.39 is 12.0 Å². The number of benzene rings is 1. The highest BCUT2D eigenvalue weighted by molar-refractivity contribution is 5.86. The van der Waals surface area contributed by atoms with Gasteiger partial charge in [-0.25, -0.2) is 4.79 Å². The van der Waals surface area contributed by atoms with Crippen molar-refractivity contribution in [2.75, 3.05) is 20.3 Å². The Hall–Kier alpha value is -2.47. The minimum absolute atomic E-state index is 0.177. The van der Waals surface area contributed by atoms with Crippen molar-refractivity contribution in [3.63, 3.8) is 0 Å². The molecule has 1 saturated heterocycles. The summed E-state index contributed by atoms with van der Waals surface area (Å²) in [7, 11) is 1.31. The Labute approximate surface area is 140 Å². The van der Waals surface area contributed by atoms with Gasteiger partial charge in [0.2, 0.25) is 5.91 Å². The number of nitrogens with zero attached hydrogens (tertiary/aromatic N) is 1. The number of ether oxygens (including phenoxy) is 2. The number of hydrogen-bond acceptors (Lipinski definition) is 5. The van der Waals surface area contributed by atoms with Gasteiger partial charge in [-0.3, -0.25) is 9.78 Å². The number of hydrogen-bond donors (Lipinski definition) is 1. The highest BCUT2D eigenvalue weighted by Gasteiger charge is 2.29. The molecule has 6 nitrogen and oxygen atoms in total. The molecule has 0 aliphatic carbocycles. The summed E-state index contributed by atoms with van der Waals surface area (Å²) in [6, 6.07) is 10.8. The second kappa shape index (κ2) is 7.40. The van der Waals surface area contributed by atoms with Crippen molar-refractivity contribution in [3.05, 3.63) is 42.1 Å². The number of carbonyl (C=O) groups is 2. The molecule has 1 aliphatic heterocycles. The number of aromatic nitrogens is 1. The monoisotopic (exact) mass is 328 g/mol. The maximum Gasteiger partial charge on any atom is 0.328 e. The van der Waals surface area contributed by atoms with Crippen LogP contribution in [-0.2, 0) is 25.5 Å². The molecule has 6 heteroatoms. The van der Waals surface area contributed by atoms with Crippen molar-refractivity contribution >= 4 is 22.8 Å². The van der Waals surface area contributed by atoms with E-state index >= 15 is 0 Å². The lowest BCUT2D eigenvalue weighted by atomic mass is 10.1. The average molecular weight is 328 g/mol. The lowest BCUT2D eigenvalue weighted by Gasteiger charge is -2.18. The molecule has 1 aliphatic rings. The number of esters is 1. The Kier molecular flexibility index (Phi) is 5.05. The van der Waals surface area contributed by atoms with Gasteiger partial charge in [0.1, 0.15) is 6.04 Å². The normalized spacial score (nSPS) is 18.3. The SMILES string of the molecule is COC(=O)[C@@H](Cc1ccc2ccccc2n1)NC(=O)[C@@H]1CCOC1. The third-order valence-corrected chi connectivity index (χ3v) is 4.17. The predicted octanol–water partition coefficient (Wildman–Crippen LogP) is 1.47. The first kappa shape index (κ1) is 16.4. The zero-order chi connectivity index (χ0) is 16.9. The Morgan fingerprint density at radius 2 is 2.17 bits per heavy atom. The molecule has 2 aromatic rings. The molecular weight excluding hydrogens is 308 g/mol. The summed E-state index contributed by atoms with van der Waals surface area (Å²) in [5.41, 5.74) is 1.58. The lowest BCUT2D eigenvalue weighted by Crippen LogP contribution is -2.45. The van der Waals surface area contributed by atoms with Crippen LogP contribution in [0.5, 0.6) is 0 Å². The maximum atomic E-state index is 12.3. The van der Waals surface area contributed by atoms with Gasteiger partial charge in [-0.15, -0.1) is 0 Å². The second-order valence-corrected chi connectivity index (χ2v) is 5.84. The molecule has 2 atom stereocenters. The van der Waals surface area contributed by atoms with Crippen LogP contribution in [0.2, 0.25) is 0 Å². The largest absolute Gasteiger partial charge is 0.467 e. The fourth-order valence-electron chi connectivity index (χ4n) is 2.80. The minimum Gasteiger partial charge on any atom is -0.467 e. The van der Waals surface area contributed by atoms with Gasteiger partial charge in [0.15, 0.2) is 0 Å². The summed E-state index contributed by atoms with van der Waals surface area (Å²) in [4.78, 5) is 28.8. The van der Waals surface area contributed by atoms with Gasteiger partial charge in [0, 0.05) is 24.1 Å². The summed E-state index contributed by atoms with van der Waals surface area (Å²) in [5, 5.41) is 3.80. The van der Waals surface area contributed by atoms with Gasteiger partial charge < -0.3 is 14.8 Å². The zero-order valence-corrected chi connectivity index (χ0v) is 13.5. The van der Waals surface area contributed by atoms with Crippen LogP contribution in [0.3, 0.4) is 0 Å². The molecule has 1 amide bonds. The molecule has 1 fully saturated rings. The van der Waals surface area contributed by atoms with Crippen LogP contribution in [0.25, 0.3) is 10.9 Å². The summed E-state index contributed by atoms with van der Waals surface area (Å²) in [5.74, 6) is -0.859. The maximum absolute atomic E-state index is 12.3. The molecule has 0 saturated carbocycles. The number of methoxy groups -OCH3 is 1. The second-order valence-electron chi connectivity index (χ2n) is 5.84. The van der Waals surface area contributed by atoms with Crippen molar-refractivity contribution < 1.29 is 19.1 Å². The molecule has 1 aromatic carbocycles. The van der Waals surface area contributed by atoms with Crippen LogP contribution >= 0.6 is 0 Å². The van der Waals surface area contributed by atoms with E-state index in [0.717, 1.165) is 16.6 Å². The van der Waals surface area contributed by atoms with Gasteiger partial charge in [-0.2, -0.15) is 0 Å². The summed E-state index contributed by atoms with van der Waals surface area (Å²) in [6.07, 6.45) is 0.963. The molecule has 1 aromatic heterocycles. The number of amides is 1. The summed E-state index contributed by atoms with van der Waals surface area (Å²) in [6.45, 7) is 0.973. The van der Waals surface area contributed by atoms with E-state index in [1.807, 2.05) is 36.4 Å². The number of carbonyl (C=O) groups excluding carboxylic acids is 2. The van der Waals surface area contributed by atoms with Crippen molar-refractivity contribution in [1.29, 1.82) is 0 Å². The molecule has 24 heavy (non-hydrogen) atoms. The Balaban J connectivity index is 1.75. The summed E-state index contributed by atoms with van der Waals surface area (Å²) >= 11 is 0. The first-order chi connectivity index (χ1) is 11.7. The van der Waals surface area contributed by atoms with E-state index in [1.165, 1.54) is 7.11 Å². The standard InChI is InChI=1S/C18H20N2O4/c1-23-18(22)16(20-17(21)13-8-9-24-11-13)10-14-7-6-12-4-2-3-5-15(12)19-14/h2-7,13,16H,8-11H2,1H3,(H,20,21)/t13-,16-/m1/s1. The van der Waals surface area contributed by atoms with Gasteiger partial charge in [-0.1, -0.05) is 24.3 Å². The van der Waals surface area contributed by atoms with Gasteiger partial charge >= 0.3 is 5.97 Å². The van der Waals surface area contributed by atoms with Crippen LogP contribution in [0.4, 0.5) is 0 Å². The molecule has 2 heterocycles. The molecule has 0 radical (unpaired) electrons. The van der Waals surface area contributed by atoms with Crippen molar-refractivity contribution in [2.45, 2.75) is 18.9 Å². The first-order valence-corrected chi connectivity index (χ1v) is 7.98. The van der Waals surface area contributed by atoms with E-state index in [1.54, 1.807) is 0 Å². The highest BCUT2D eigenvalue weighted by atomic mass is 16.5. The van der Waals surface area contributed by atoms with Gasteiger partial charge in [0.25, 0.3) is 0 Å². The number of rotatable bonds is 5. The van der Waals surface area contributed by atoms with E-state index in [-0.39, 0.29) is 18.2 Å². The van der Waals surface area contributed by atoms with E-state index in [9.17, 15) is 9.59 Å². The molecule has 0 bridgehead atoms. The fraction of sp³-hybridized carbons (Fsp3) is 0.389. The third kappa shape index (κ3) is 3.71. The van der Waals surface area contributed by atoms with Crippen molar-refractivity contribution in [1.82, 2.24) is 10.3 Å². The molecule has 3 rings (SSSR count). The van der Waals surface area contributed by atoms with Crippen molar-refractivity contribution in [2.24, 2.45) is 5.92 Å². The quantitative estimate of drug-likeness (QED) is 0.841. The lowest BCUT2D eigenvalue weighted by molar-refractivity contribution is -0.145. The summed E-state index contributed by atoms with van der Waals surface area (Å²) < 4.78 is 10.0. The predicted molar refractivity (Wildman–Crippen MR) is 88.3 cm³/mol. The minimum atomic E-state index is -0.753. The first-order valence-electron chi connectivity index (χ1n) is 7.98. The number of pyridine rings is 1. The van der Waals surface area contributed by atoms with E-state index in [2.05, 4.69) is 10.3 Å². The Bertz CT molecular complexity index is 741. The van der Waals surface area contributed by atoms with Crippen LogP contribution in [0, 0.1) is 5.92 Å². The Morgan fingerprint density at radius 3 is 2.92 bits per heavy atom. The van der Waals surface area contributed by atoms with Crippen LogP contribution in [0.15, 0.2) is 36.4 Å². The highest BCUT2D eigenvalue weighted by Crippen LogP contribution is 2.15. The topological polar surface area (TPSA) is 77.5 Å². The van der Waals surface area contributed by atoms with Crippen molar-refractivity contribution in [3.8, 4) is 0 Å².